The summed E-state index contributed by atoms with van der Waals surface area (Å²) in [4.78, 5) is 0. The summed E-state index contributed by atoms with van der Waals surface area (Å²) < 4.78 is 1.82. The van der Waals surface area contributed by atoms with Crippen molar-refractivity contribution in [2.24, 2.45) is 7.05 Å². The molecule has 3 heteroatoms. The quantitative estimate of drug-likeness (QED) is 0.730. The van der Waals surface area contributed by atoms with Crippen molar-refractivity contribution in [3.8, 4) is 0 Å². The van der Waals surface area contributed by atoms with E-state index in [4.69, 9.17) is 0 Å². The Labute approximate surface area is 83.4 Å². The highest BCUT2D eigenvalue weighted by atomic mass is 15.4. The molecule has 0 fully saturated rings. The van der Waals surface area contributed by atoms with Gasteiger partial charge in [-0.2, -0.15) is 0 Å². The van der Waals surface area contributed by atoms with E-state index in [-0.39, 0.29) is 0 Å². The minimum absolute atomic E-state index is 0.994. The van der Waals surface area contributed by atoms with Crippen LogP contribution in [0.1, 0.15) is 11.3 Å². The molecule has 0 atom stereocenters. The lowest BCUT2D eigenvalue weighted by atomic mass is 10.1. The second-order valence-electron chi connectivity index (χ2n) is 3.33. The molecule has 0 spiro atoms. The molecule has 14 heavy (non-hydrogen) atoms. The van der Waals surface area contributed by atoms with Gasteiger partial charge in [0.2, 0.25) is 0 Å². The van der Waals surface area contributed by atoms with E-state index in [1.54, 1.807) is 0 Å². The van der Waals surface area contributed by atoms with E-state index in [9.17, 15) is 0 Å². The molecule has 2 rings (SSSR count). The summed E-state index contributed by atoms with van der Waals surface area (Å²) in [5, 5.41) is 7.74. The van der Waals surface area contributed by atoms with Gasteiger partial charge < -0.3 is 0 Å². The van der Waals surface area contributed by atoms with Crippen LogP contribution < -0.4 is 0 Å². The summed E-state index contributed by atoms with van der Waals surface area (Å²) in [6.07, 6.45) is 3.86. The van der Waals surface area contributed by atoms with Crippen LogP contribution in [0.25, 0.3) is 0 Å². The van der Waals surface area contributed by atoms with Crippen molar-refractivity contribution in [3.63, 3.8) is 0 Å². The van der Waals surface area contributed by atoms with Crippen LogP contribution in [0.3, 0.4) is 0 Å². The second kappa shape index (κ2) is 4.05. The van der Waals surface area contributed by atoms with Gasteiger partial charge >= 0.3 is 0 Å². The molecule has 1 aromatic heterocycles. The molecule has 0 aliphatic carbocycles. The monoisotopic (exact) mass is 187 g/mol. The first-order valence-electron chi connectivity index (χ1n) is 4.74. The first-order chi connectivity index (χ1) is 6.86. The summed E-state index contributed by atoms with van der Waals surface area (Å²) in [6.45, 7) is 0. The first-order valence-corrected chi connectivity index (χ1v) is 4.74. The van der Waals surface area contributed by atoms with E-state index in [1.807, 2.05) is 24.0 Å². The van der Waals surface area contributed by atoms with Crippen molar-refractivity contribution < 1.29 is 0 Å². The van der Waals surface area contributed by atoms with Gasteiger partial charge in [-0.05, 0) is 18.4 Å². The molecule has 1 aromatic carbocycles. The van der Waals surface area contributed by atoms with Gasteiger partial charge in [0, 0.05) is 7.05 Å². The van der Waals surface area contributed by atoms with Crippen LogP contribution in [0.15, 0.2) is 36.5 Å². The van der Waals surface area contributed by atoms with E-state index < -0.39 is 0 Å². The maximum atomic E-state index is 3.90. The average molecular weight is 187 g/mol. The maximum Gasteiger partial charge on any atom is 0.0725 e. The summed E-state index contributed by atoms with van der Waals surface area (Å²) in [7, 11) is 1.92. The van der Waals surface area contributed by atoms with Gasteiger partial charge in [0.05, 0.1) is 11.9 Å². The highest BCUT2D eigenvalue weighted by Crippen LogP contribution is 2.04. The number of aryl methyl sites for hydroxylation is 3. The summed E-state index contributed by atoms with van der Waals surface area (Å²) in [5.41, 5.74) is 2.53. The van der Waals surface area contributed by atoms with Crippen molar-refractivity contribution in [3.05, 3.63) is 47.8 Å². The molecule has 2 aromatic rings. The van der Waals surface area contributed by atoms with Crippen LogP contribution in [-0.2, 0) is 19.9 Å². The van der Waals surface area contributed by atoms with Crippen LogP contribution in [0, 0.1) is 0 Å². The lowest BCUT2D eigenvalue weighted by Gasteiger charge is -2.00. The van der Waals surface area contributed by atoms with Crippen LogP contribution >= 0.6 is 0 Å². The van der Waals surface area contributed by atoms with Gasteiger partial charge in [0.1, 0.15) is 0 Å². The fraction of sp³-hybridized carbons (Fsp3) is 0.273. The molecule has 0 amide bonds. The summed E-state index contributed by atoms with van der Waals surface area (Å²) in [5.74, 6) is 0. The number of hydrogen-bond acceptors (Lipinski definition) is 2. The van der Waals surface area contributed by atoms with Gasteiger partial charge in [-0.1, -0.05) is 35.5 Å². The minimum atomic E-state index is 0.994. The minimum Gasteiger partial charge on any atom is -0.252 e. The fourth-order valence-corrected chi connectivity index (χ4v) is 1.45. The Hall–Kier alpha value is -1.64. The average Bonchev–Trinajstić information content (AvgIpc) is 2.63. The van der Waals surface area contributed by atoms with Crippen molar-refractivity contribution in [1.82, 2.24) is 15.0 Å². The van der Waals surface area contributed by atoms with Crippen LogP contribution in [-0.4, -0.2) is 15.0 Å². The molecule has 0 bridgehead atoms. The molecule has 0 saturated heterocycles. The summed E-state index contributed by atoms with van der Waals surface area (Å²) >= 11 is 0. The molecule has 0 unspecified atom stereocenters. The summed E-state index contributed by atoms with van der Waals surface area (Å²) in [6, 6.07) is 10.5. The van der Waals surface area contributed by atoms with E-state index in [0.717, 1.165) is 12.8 Å². The zero-order chi connectivity index (χ0) is 9.80. The Kier molecular flexibility index (Phi) is 2.58. The smallest absolute Gasteiger partial charge is 0.0725 e. The SMILES string of the molecule is Cn1nncc1CCc1ccccc1. The fourth-order valence-electron chi connectivity index (χ4n) is 1.45. The molecule has 0 saturated carbocycles. The van der Waals surface area contributed by atoms with Crippen LogP contribution in [0.5, 0.6) is 0 Å². The van der Waals surface area contributed by atoms with Gasteiger partial charge in [0.25, 0.3) is 0 Å². The molecule has 0 aliphatic heterocycles. The number of hydrogen-bond donors (Lipinski definition) is 0. The molecule has 72 valence electrons. The van der Waals surface area contributed by atoms with Crippen LogP contribution in [0.4, 0.5) is 0 Å². The van der Waals surface area contributed by atoms with E-state index in [1.165, 1.54) is 11.3 Å². The normalized spacial score (nSPS) is 10.4. The molecule has 0 aliphatic rings. The lowest BCUT2D eigenvalue weighted by molar-refractivity contribution is 0.672. The van der Waals surface area contributed by atoms with Gasteiger partial charge in [-0.15, -0.1) is 5.10 Å². The zero-order valence-corrected chi connectivity index (χ0v) is 8.22. The third-order valence-electron chi connectivity index (χ3n) is 2.32. The Bertz CT molecular complexity index is 392. The number of aromatic nitrogens is 3. The molecule has 3 nitrogen and oxygen atoms in total. The predicted octanol–water partition coefficient (Wildman–Crippen LogP) is 1.60. The van der Waals surface area contributed by atoms with Crippen LogP contribution in [0.2, 0.25) is 0 Å². The third-order valence-corrected chi connectivity index (χ3v) is 2.32. The molecule has 0 N–H and O–H groups in total. The van der Waals surface area contributed by atoms with Crippen molar-refractivity contribution in [2.45, 2.75) is 12.8 Å². The number of nitrogens with zero attached hydrogens (tertiary/aromatic N) is 3. The second-order valence-corrected chi connectivity index (χ2v) is 3.33. The Balaban J connectivity index is 1.99. The maximum absolute atomic E-state index is 3.90. The third kappa shape index (κ3) is 1.99. The van der Waals surface area contributed by atoms with E-state index >= 15 is 0 Å². The Morgan fingerprint density at radius 1 is 1.14 bits per heavy atom. The Morgan fingerprint density at radius 2 is 1.93 bits per heavy atom. The molecule has 1 heterocycles. The van der Waals surface area contributed by atoms with Gasteiger partial charge in [0.15, 0.2) is 0 Å². The number of rotatable bonds is 3. The lowest BCUT2D eigenvalue weighted by Crippen LogP contribution is -2.00. The standard InChI is InChI=1S/C11H13N3/c1-14-11(9-12-13-14)8-7-10-5-3-2-4-6-10/h2-6,9H,7-8H2,1H3. The predicted molar refractivity (Wildman–Crippen MR) is 54.9 cm³/mol. The van der Waals surface area contributed by atoms with Crippen molar-refractivity contribution >= 4 is 0 Å². The van der Waals surface area contributed by atoms with Crippen molar-refractivity contribution in [1.29, 1.82) is 0 Å². The largest absolute Gasteiger partial charge is 0.252 e. The molecular formula is C11H13N3. The van der Waals surface area contributed by atoms with Gasteiger partial charge in [-0.3, -0.25) is 4.68 Å². The zero-order valence-electron chi connectivity index (χ0n) is 8.22. The van der Waals surface area contributed by atoms with Gasteiger partial charge in [-0.25, -0.2) is 0 Å². The highest BCUT2D eigenvalue weighted by molar-refractivity contribution is 5.15. The van der Waals surface area contributed by atoms with E-state index in [2.05, 4.69) is 34.6 Å². The first kappa shape index (κ1) is 8.94. The topological polar surface area (TPSA) is 30.7 Å². The number of benzene rings is 1. The molecule has 0 radical (unpaired) electrons. The van der Waals surface area contributed by atoms with Crippen molar-refractivity contribution in [2.75, 3.05) is 0 Å². The Morgan fingerprint density at radius 3 is 2.57 bits per heavy atom. The highest BCUT2D eigenvalue weighted by Gasteiger charge is 1.99. The van der Waals surface area contributed by atoms with E-state index in [0.29, 0.717) is 0 Å². The molecular weight excluding hydrogens is 174 g/mol.